The molecule has 1 atom stereocenters. The Morgan fingerprint density at radius 2 is 1.88 bits per heavy atom. The maximum atomic E-state index is 12.1. The number of carbonyl (C=O) groups is 2. The van der Waals surface area contributed by atoms with Gasteiger partial charge in [0.25, 0.3) is 5.91 Å². The van der Waals surface area contributed by atoms with Crippen LogP contribution in [0.4, 0.5) is 5.69 Å². The summed E-state index contributed by atoms with van der Waals surface area (Å²) in [6.45, 7) is 1.43. The predicted molar refractivity (Wildman–Crippen MR) is 91.1 cm³/mol. The van der Waals surface area contributed by atoms with Crippen LogP contribution in [0, 0.1) is 11.3 Å². The number of nitrogens with one attached hydrogen (secondary N) is 1. The first kappa shape index (κ1) is 17.8. The summed E-state index contributed by atoms with van der Waals surface area (Å²) in [5.41, 5.74) is 0.845. The van der Waals surface area contributed by atoms with Gasteiger partial charge in [-0.25, -0.2) is 4.79 Å². The molecule has 0 saturated carbocycles. The van der Waals surface area contributed by atoms with Crippen LogP contribution in [0.2, 0.25) is 10.0 Å². The smallest absolute Gasteiger partial charge is 0.338 e. The molecular formula is C17H12Cl2N2O3. The number of nitriles is 1. The van der Waals surface area contributed by atoms with Crippen LogP contribution in [0.5, 0.6) is 0 Å². The van der Waals surface area contributed by atoms with Crippen LogP contribution in [-0.2, 0) is 9.53 Å². The first-order valence-electron chi connectivity index (χ1n) is 6.88. The molecular weight excluding hydrogens is 351 g/mol. The molecule has 0 aliphatic rings. The Balaban J connectivity index is 2.04. The van der Waals surface area contributed by atoms with Crippen molar-refractivity contribution in [2.45, 2.75) is 13.0 Å². The number of hydrogen-bond donors (Lipinski definition) is 1. The number of ether oxygens (including phenoxy) is 1. The third-order valence-corrected chi connectivity index (χ3v) is 3.85. The number of amides is 1. The molecule has 0 saturated heterocycles. The zero-order chi connectivity index (χ0) is 17.7. The fraction of sp³-hybridized carbons (Fsp3) is 0.118. The van der Waals surface area contributed by atoms with Gasteiger partial charge in [0.2, 0.25) is 0 Å². The summed E-state index contributed by atoms with van der Waals surface area (Å²) in [4.78, 5) is 24.2. The highest BCUT2D eigenvalue weighted by Gasteiger charge is 2.20. The molecule has 1 amide bonds. The maximum Gasteiger partial charge on any atom is 0.338 e. The number of anilines is 1. The van der Waals surface area contributed by atoms with Gasteiger partial charge in [-0.2, -0.15) is 5.26 Å². The molecule has 2 aromatic rings. The number of nitrogens with zero attached hydrogens (tertiary/aromatic N) is 1. The minimum absolute atomic E-state index is 0.182. The zero-order valence-electron chi connectivity index (χ0n) is 12.5. The third-order valence-electron chi connectivity index (χ3n) is 3.11. The second-order valence-electron chi connectivity index (χ2n) is 4.82. The quantitative estimate of drug-likeness (QED) is 0.832. The first-order valence-corrected chi connectivity index (χ1v) is 7.64. The van der Waals surface area contributed by atoms with E-state index in [0.717, 1.165) is 0 Å². The zero-order valence-corrected chi connectivity index (χ0v) is 14.1. The molecule has 0 fully saturated rings. The van der Waals surface area contributed by atoms with Crippen LogP contribution in [0.15, 0.2) is 42.5 Å². The van der Waals surface area contributed by atoms with Crippen molar-refractivity contribution in [1.82, 2.24) is 0 Å². The lowest BCUT2D eigenvalue weighted by molar-refractivity contribution is -0.123. The van der Waals surface area contributed by atoms with Gasteiger partial charge in [0.1, 0.15) is 6.07 Å². The number of esters is 1. The van der Waals surface area contributed by atoms with Crippen molar-refractivity contribution in [3.8, 4) is 6.07 Å². The summed E-state index contributed by atoms with van der Waals surface area (Å²) in [5.74, 6) is -1.25. The van der Waals surface area contributed by atoms with Crippen molar-refractivity contribution < 1.29 is 14.3 Å². The fourth-order valence-electron chi connectivity index (χ4n) is 1.83. The van der Waals surface area contributed by atoms with Crippen LogP contribution in [-0.4, -0.2) is 18.0 Å². The normalized spacial score (nSPS) is 11.2. The molecule has 0 heterocycles. The van der Waals surface area contributed by atoms with E-state index in [0.29, 0.717) is 16.3 Å². The standard InChI is InChI=1S/C17H12Cl2N2O3/c1-10(16(22)21-15-5-3-2-4-12(15)9-20)24-17(23)11-6-7-13(18)14(19)8-11/h2-8,10H,1H3,(H,21,22)/t10-/m1/s1. The Kier molecular flexibility index (Phi) is 5.80. The van der Waals surface area contributed by atoms with E-state index in [1.165, 1.54) is 25.1 Å². The average Bonchev–Trinajstić information content (AvgIpc) is 2.57. The minimum Gasteiger partial charge on any atom is -0.449 e. The molecule has 0 aliphatic carbocycles. The summed E-state index contributed by atoms with van der Waals surface area (Å²) >= 11 is 11.6. The van der Waals surface area contributed by atoms with Gasteiger partial charge >= 0.3 is 5.97 Å². The van der Waals surface area contributed by atoms with Gasteiger partial charge in [-0.05, 0) is 37.3 Å². The van der Waals surface area contributed by atoms with Crippen molar-refractivity contribution in [1.29, 1.82) is 5.26 Å². The Morgan fingerprint density at radius 1 is 1.17 bits per heavy atom. The fourth-order valence-corrected chi connectivity index (χ4v) is 2.13. The molecule has 0 spiro atoms. The third kappa shape index (κ3) is 4.25. The molecule has 2 aromatic carbocycles. The van der Waals surface area contributed by atoms with Crippen LogP contribution < -0.4 is 5.32 Å². The number of benzene rings is 2. The first-order chi connectivity index (χ1) is 11.4. The molecule has 24 heavy (non-hydrogen) atoms. The number of carbonyl (C=O) groups excluding carboxylic acids is 2. The van der Waals surface area contributed by atoms with Gasteiger partial charge in [-0.3, -0.25) is 4.79 Å². The van der Waals surface area contributed by atoms with E-state index in [1.54, 1.807) is 24.3 Å². The topological polar surface area (TPSA) is 79.2 Å². The largest absolute Gasteiger partial charge is 0.449 e. The lowest BCUT2D eigenvalue weighted by atomic mass is 10.2. The minimum atomic E-state index is -1.06. The second-order valence-corrected chi connectivity index (χ2v) is 5.64. The van der Waals surface area contributed by atoms with Gasteiger partial charge in [0.05, 0.1) is 26.9 Å². The van der Waals surface area contributed by atoms with E-state index in [1.807, 2.05) is 6.07 Å². The van der Waals surface area contributed by atoms with E-state index in [2.05, 4.69) is 5.32 Å². The number of rotatable bonds is 4. The van der Waals surface area contributed by atoms with Gasteiger partial charge in [-0.15, -0.1) is 0 Å². The van der Waals surface area contributed by atoms with Crippen molar-refractivity contribution in [3.63, 3.8) is 0 Å². The van der Waals surface area contributed by atoms with E-state index in [9.17, 15) is 9.59 Å². The number of hydrogen-bond acceptors (Lipinski definition) is 4. The van der Waals surface area contributed by atoms with Gasteiger partial charge in [-0.1, -0.05) is 35.3 Å². The van der Waals surface area contributed by atoms with Crippen molar-refractivity contribution in [2.75, 3.05) is 5.32 Å². The highest BCUT2D eigenvalue weighted by atomic mass is 35.5. The highest BCUT2D eigenvalue weighted by Crippen LogP contribution is 2.23. The summed E-state index contributed by atoms with van der Waals surface area (Å²) < 4.78 is 5.10. The second kappa shape index (κ2) is 7.82. The summed E-state index contributed by atoms with van der Waals surface area (Å²) in [6.07, 6.45) is -1.06. The molecule has 2 rings (SSSR count). The molecule has 0 aliphatic heterocycles. The average molecular weight is 363 g/mol. The molecule has 122 valence electrons. The molecule has 0 radical (unpaired) electrons. The Hall–Kier alpha value is -2.55. The Labute approximate surface area is 148 Å². The molecule has 0 aromatic heterocycles. The molecule has 1 N–H and O–H groups in total. The van der Waals surface area contributed by atoms with E-state index >= 15 is 0 Å². The highest BCUT2D eigenvalue weighted by molar-refractivity contribution is 6.42. The van der Waals surface area contributed by atoms with E-state index in [4.69, 9.17) is 33.2 Å². The molecule has 5 nitrogen and oxygen atoms in total. The van der Waals surface area contributed by atoms with Crippen LogP contribution >= 0.6 is 23.2 Å². The number of para-hydroxylation sites is 1. The van der Waals surface area contributed by atoms with Crippen LogP contribution in [0.25, 0.3) is 0 Å². The molecule has 0 unspecified atom stereocenters. The summed E-state index contributed by atoms with van der Waals surface area (Å²) in [6, 6.07) is 12.8. The Bertz CT molecular complexity index is 831. The molecule has 7 heteroatoms. The lowest BCUT2D eigenvalue weighted by Crippen LogP contribution is -2.30. The summed E-state index contributed by atoms with van der Waals surface area (Å²) in [7, 11) is 0. The SMILES string of the molecule is C[C@@H](OC(=O)c1ccc(Cl)c(Cl)c1)C(=O)Nc1ccccc1C#N. The lowest BCUT2D eigenvalue weighted by Gasteiger charge is -2.14. The molecule has 0 bridgehead atoms. The van der Waals surface area contributed by atoms with Crippen molar-refractivity contribution in [3.05, 3.63) is 63.6 Å². The van der Waals surface area contributed by atoms with E-state index in [-0.39, 0.29) is 10.6 Å². The van der Waals surface area contributed by atoms with Gasteiger partial charge in [0, 0.05) is 0 Å². The maximum absolute atomic E-state index is 12.1. The Morgan fingerprint density at radius 3 is 2.54 bits per heavy atom. The van der Waals surface area contributed by atoms with Crippen molar-refractivity contribution >= 4 is 40.8 Å². The van der Waals surface area contributed by atoms with Crippen LogP contribution in [0.1, 0.15) is 22.8 Å². The predicted octanol–water partition coefficient (Wildman–Crippen LogP) is 4.05. The monoisotopic (exact) mass is 362 g/mol. The van der Waals surface area contributed by atoms with Gasteiger partial charge < -0.3 is 10.1 Å². The van der Waals surface area contributed by atoms with Crippen LogP contribution in [0.3, 0.4) is 0 Å². The number of halogens is 2. The van der Waals surface area contributed by atoms with E-state index < -0.39 is 18.0 Å². The van der Waals surface area contributed by atoms with Crippen molar-refractivity contribution in [2.24, 2.45) is 0 Å². The van der Waals surface area contributed by atoms with Gasteiger partial charge in [0.15, 0.2) is 6.10 Å². The summed E-state index contributed by atoms with van der Waals surface area (Å²) in [5, 5.41) is 12.1.